The summed E-state index contributed by atoms with van der Waals surface area (Å²) in [5.74, 6) is -0.834. The predicted molar refractivity (Wildman–Crippen MR) is 83.2 cm³/mol. The van der Waals surface area contributed by atoms with Gasteiger partial charge in [0.25, 0.3) is 11.6 Å². The van der Waals surface area contributed by atoms with E-state index in [9.17, 15) is 20.0 Å². The van der Waals surface area contributed by atoms with Crippen LogP contribution in [-0.2, 0) is 4.79 Å². The van der Waals surface area contributed by atoms with Crippen LogP contribution >= 0.6 is 0 Å². The SMILES string of the molecule is O=C(CNc1ccccc1)N/N=C\c1cc([N+](=O)[O-])ccc1[O-]. The maximum absolute atomic E-state index is 11.6. The molecule has 0 aliphatic rings. The van der Waals surface area contributed by atoms with Crippen LogP contribution in [0, 0.1) is 10.1 Å². The quantitative estimate of drug-likeness (QED) is 0.472. The molecule has 0 saturated heterocycles. The van der Waals surface area contributed by atoms with Crippen molar-refractivity contribution in [2.45, 2.75) is 0 Å². The molecule has 0 aliphatic carbocycles. The molecule has 0 aromatic heterocycles. The van der Waals surface area contributed by atoms with Gasteiger partial charge in [0.2, 0.25) is 0 Å². The fraction of sp³-hybridized carbons (Fsp3) is 0.0667. The Morgan fingerprint density at radius 1 is 1.22 bits per heavy atom. The molecule has 0 fully saturated rings. The predicted octanol–water partition coefficient (Wildman–Crippen LogP) is 1.23. The lowest BCUT2D eigenvalue weighted by Crippen LogP contribution is -2.25. The zero-order valence-electron chi connectivity index (χ0n) is 11.9. The number of nitro groups is 1. The Morgan fingerprint density at radius 3 is 2.65 bits per heavy atom. The van der Waals surface area contributed by atoms with Gasteiger partial charge in [-0.2, -0.15) is 5.10 Å². The van der Waals surface area contributed by atoms with Crippen molar-refractivity contribution < 1.29 is 14.8 Å². The highest BCUT2D eigenvalue weighted by Crippen LogP contribution is 2.18. The zero-order chi connectivity index (χ0) is 16.7. The Kier molecular flexibility index (Phi) is 5.24. The monoisotopic (exact) mass is 313 g/mol. The Labute approximate surface area is 131 Å². The molecule has 0 bridgehead atoms. The molecular weight excluding hydrogens is 300 g/mol. The third-order valence-corrected chi connectivity index (χ3v) is 2.82. The Bertz CT molecular complexity index is 732. The average Bonchev–Trinajstić information content (AvgIpc) is 2.55. The van der Waals surface area contributed by atoms with Crippen LogP contribution in [0.25, 0.3) is 0 Å². The number of amides is 1. The summed E-state index contributed by atoms with van der Waals surface area (Å²) in [4.78, 5) is 21.6. The molecule has 0 unspecified atom stereocenters. The maximum Gasteiger partial charge on any atom is 0.270 e. The van der Waals surface area contributed by atoms with Gasteiger partial charge in [0.15, 0.2) is 0 Å². The van der Waals surface area contributed by atoms with Crippen molar-refractivity contribution in [3.63, 3.8) is 0 Å². The molecule has 23 heavy (non-hydrogen) atoms. The number of carbonyl (C=O) groups excluding carboxylic acids is 1. The van der Waals surface area contributed by atoms with Crippen molar-refractivity contribution in [1.29, 1.82) is 0 Å². The summed E-state index contributed by atoms with van der Waals surface area (Å²) >= 11 is 0. The number of hydrogen-bond donors (Lipinski definition) is 2. The minimum atomic E-state index is -0.612. The molecule has 2 aromatic carbocycles. The largest absolute Gasteiger partial charge is 0.872 e. The zero-order valence-corrected chi connectivity index (χ0v) is 11.9. The van der Waals surface area contributed by atoms with Gasteiger partial charge in [-0.1, -0.05) is 30.0 Å². The van der Waals surface area contributed by atoms with Gasteiger partial charge >= 0.3 is 0 Å². The Balaban J connectivity index is 1.90. The fourth-order valence-corrected chi connectivity index (χ4v) is 1.70. The van der Waals surface area contributed by atoms with Gasteiger partial charge in [-0.05, 0) is 17.7 Å². The molecule has 0 radical (unpaired) electrons. The first-order valence-electron chi connectivity index (χ1n) is 6.62. The number of anilines is 1. The van der Waals surface area contributed by atoms with E-state index in [-0.39, 0.29) is 17.8 Å². The number of non-ortho nitro benzene ring substituents is 1. The van der Waals surface area contributed by atoms with Crippen molar-refractivity contribution in [3.05, 3.63) is 64.2 Å². The smallest absolute Gasteiger partial charge is 0.270 e. The maximum atomic E-state index is 11.6. The van der Waals surface area contributed by atoms with Crippen LogP contribution in [0.5, 0.6) is 5.75 Å². The van der Waals surface area contributed by atoms with Crippen LogP contribution in [0.4, 0.5) is 11.4 Å². The van der Waals surface area contributed by atoms with E-state index in [1.165, 1.54) is 0 Å². The second-order valence-corrected chi connectivity index (χ2v) is 4.49. The van der Waals surface area contributed by atoms with E-state index in [2.05, 4.69) is 15.8 Å². The molecule has 118 valence electrons. The summed E-state index contributed by atoms with van der Waals surface area (Å²) in [6.07, 6.45) is 1.08. The second kappa shape index (κ2) is 7.55. The molecule has 0 aliphatic heterocycles. The van der Waals surface area contributed by atoms with Crippen molar-refractivity contribution in [3.8, 4) is 5.75 Å². The molecular formula is C15H13N4O4-. The standard InChI is InChI=1S/C15H14N4O4/c20-14-7-6-13(19(22)23)8-11(14)9-17-18-15(21)10-16-12-4-2-1-3-5-12/h1-9,16,20H,10H2,(H,18,21)/p-1/b17-9-. The van der Waals surface area contributed by atoms with E-state index in [0.29, 0.717) is 0 Å². The molecule has 0 spiro atoms. The minimum absolute atomic E-state index is 0.000519. The van der Waals surface area contributed by atoms with E-state index in [1.807, 2.05) is 30.3 Å². The third-order valence-electron chi connectivity index (χ3n) is 2.82. The highest BCUT2D eigenvalue weighted by Gasteiger charge is 2.05. The van der Waals surface area contributed by atoms with Crippen LogP contribution in [0.3, 0.4) is 0 Å². The molecule has 8 heteroatoms. The van der Waals surface area contributed by atoms with Crippen LogP contribution in [-0.4, -0.2) is 23.6 Å². The highest BCUT2D eigenvalue weighted by molar-refractivity contribution is 5.86. The molecule has 8 nitrogen and oxygen atoms in total. The topological polar surface area (TPSA) is 120 Å². The van der Waals surface area contributed by atoms with Gasteiger partial charge in [0.1, 0.15) is 0 Å². The number of nitro benzene ring substituents is 1. The molecule has 0 heterocycles. The number of nitrogens with one attached hydrogen (secondary N) is 2. The number of nitrogens with zero attached hydrogens (tertiary/aromatic N) is 2. The van der Waals surface area contributed by atoms with Crippen LogP contribution in [0.1, 0.15) is 5.56 Å². The lowest BCUT2D eigenvalue weighted by atomic mass is 10.2. The summed E-state index contributed by atoms with van der Waals surface area (Å²) in [6, 6.07) is 12.4. The lowest BCUT2D eigenvalue weighted by Gasteiger charge is -2.08. The normalized spacial score (nSPS) is 10.4. The number of rotatable bonds is 6. The Morgan fingerprint density at radius 2 is 1.96 bits per heavy atom. The molecule has 2 N–H and O–H groups in total. The van der Waals surface area contributed by atoms with Gasteiger partial charge in [0.05, 0.1) is 17.7 Å². The first kappa shape index (κ1) is 16.0. The van der Waals surface area contributed by atoms with Crippen LogP contribution in [0.15, 0.2) is 53.6 Å². The van der Waals surface area contributed by atoms with E-state index in [1.54, 1.807) is 0 Å². The average molecular weight is 313 g/mol. The summed E-state index contributed by atoms with van der Waals surface area (Å²) in [7, 11) is 0. The van der Waals surface area contributed by atoms with E-state index in [4.69, 9.17) is 0 Å². The number of benzene rings is 2. The van der Waals surface area contributed by atoms with Gasteiger partial charge < -0.3 is 10.4 Å². The Hall–Kier alpha value is -3.42. The molecule has 0 atom stereocenters. The lowest BCUT2D eigenvalue weighted by molar-refractivity contribution is -0.385. The van der Waals surface area contributed by atoms with E-state index in [0.717, 1.165) is 30.1 Å². The molecule has 0 saturated carbocycles. The first-order chi connectivity index (χ1) is 11.1. The summed E-state index contributed by atoms with van der Waals surface area (Å²) in [6.45, 7) is 0.000519. The van der Waals surface area contributed by atoms with Gasteiger partial charge in [-0.15, -0.1) is 0 Å². The second-order valence-electron chi connectivity index (χ2n) is 4.49. The highest BCUT2D eigenvalue weighted by atomic mass is 16.6. The van der Waals surface area contributed by atoms with Gasteiger partial charge in [0, 0.05) is 17.8 Å². The first-order valence-corrected chi connectivity index (χ1v) is 6.62. The number of hydrazone groups is 1. The van der Waals surface area contributed by atoms with Crippen molar-refractivity contribution in [2.24, 2.45) is 5.10 Å². The number of para-hydroxylation sites is 1. The summed E-state index contributed by atoms with van der Waals surface area (Å²) in [5.41, 5.74) is 2.83. The number of carbonyl (C=O) groups is 1. The van der Waals surface area contributed by atoms with Crippen molar-refractivity contribution in [2.75, 3.05) is 11.9 Å². The van der Waals surface area contributed by atoms with Crippen molar-refractivity contribution >= 4 is 23.5 Å². The van der Waals surface area contributed by atoms with E-state index >= 15 is 0 Å². The van der Waals surface area contributed by atoms with Gasteiger partial charge in [-0.25, -0.2) is 5.43 Å². The summed E-state index contributed by atoms with van der Waals surface area (Å²) in [5, 5.41) is 28.7. The number of hydrogen-bond acceptors (Lipinski definition) is 6. The van der Waals surface area contributed by atoms with E-state index < -0.39 is 16.6 Å². The molecule has 2 rings (SSSR count). The third kappa shape index (κ3) is 4.81. The molecule has 1 amide bonds. The summed E-state index contributed by atoms with van der Waals surface area (Å²) < 4.78 is 0. The van der Waals surface area contributed by atoms with Crippen LogP contribution < -0.4 is 15.8 Å². The fourth-order valence-electron chi connectivity index (χ4n) is 1.70. The van der Waals surface area contributed by atoms with Crippen LogP contribution in [0.2, 0.25) is 0 Å². The van der Waals surface area contributed by atoms with Crippen molar-refractivity contribution in [1.82, 2.24) is 5.43 Å². The van der Waals surface area contributed by atoms with Gasteiger partial charge in [-0.3, -0.25) is 14.9 Å². The minimum Gasteiger partial charge on any atom is -0.872 e. The molecule has 2 aromatic rings.